The molecule has 0 aliphatic rings. The van der Waals surface area contributed by atoms with Crippen molar-refractivity contribution in [2.45, 2.75) is 33.2 Å². The van der Waals surface area contributed by atoms with Gasteiger partial charge in [-0.2, -0.15) is 0 Å². The van der Waals surface area contributed by atoms with Crippen LogP contribution in [0.25, 0.3) is 0 Å². The van der Waals surface area contributed by atoms with Crippen LogP contribution in [0.4, 0.5) is 0 Å². The standard InChI is InChI=1S/C13H23NO2/c1-11(12-6-5-8-16-12)14-10-13(2,3)7-9-15-4/h5-6,8,11,14H,7,9-10H2,1-4H3. The van der Waals surface area contributed by atoms with Crippen molar-refractivity contribution in [3.63, 3.8) is 0 Å². The first-order chi connectivity index (χ1) is 7.55. The molecular weight excluding hydrogens is 202 g/mol. The zero-order valence-corrected chi connectivity index (χ0v) is 10.7. The topological polar surface area (TPSA) is 34.4 Å². The molecule has 1 aromatic rings. The first-order valence-corrected chi connectivity index (χ1v) is 5.81. The molecule has 0 aliphatic heterocycles. The second-order valence-corrected chi connectivity index (χ2v) is 5.03. The highest BCUT2D eigenvalue weighted by Crippen LogP contribution is 2.21. The minimum absolute atomic E-state index is 0.247. The van der Waals surface area contributed by atoms with Gasteiger partial charge in [-0.1, -0.05) is 13.8 Å². The van der Waals surface area contributed by atoms with Crippen molar-refractivity contribution in [2.24, 2.45) is 5.41 Å². The van der Waals surface area contributed by atoms with Gasteiger partial charge in [0.1, 0.15) is 5.76 Å². The maximum Gasteiger partial charge on any atom is 0.120 e. The molecule has 0 radical (unpaired) electrons. The van der Waals surface area contributed by atoms with Gasteiger partial charge in [0.15, 0.2) is 0 Å². The molecule has 1 aromatic heterocycles. The Labute approximate surface area is 98.2 Å². The molecule has 0 fully saturated rings. The van der Waals surface area contributed by atoms with E-state index in [0.717, 1.165) is 25.3 Å². The van der Waals surface area contributed by atoms with Crippen LogP contribution in [-0.2, 0) is 4.74 Å². The summed E-state index contributed by atoms with van der Waals surface area (Å²) >= 11 is 0. The Hall–Kier alpha value is -0.800. The minimum atomic E-state index is 0.247. The van der Waals surface area contributed by atoms with Crippen molar-refractivity contribution in [1.29, 1.82) is 0 Å². The molecule has 0 saturated carbocycles. The second kappa shape index (κ2) is 6.06. The summed E-state index contributed by atoms with van der Waals surface area (Å²) in [6.07, 6.45) is 2.77. The van der Waals surface area contributed by atoms with Crippen molar-refractivity contribution in [3.05, 3.63) is 24.2 Å². The summed E-state index contributed by atoms with van der Waals surface area (Å²) in [5.74, 6) is 0.988. The lowest BCUT2D eigenvalue weighted by molar-refractivity contribution is 0.148. The molecule has 3 heteroatoms. The third kappa shape index (κ3) is 4.37. The maximum absolute atomic E-state index is 5.35. The molecule has 1 unspecified atom stereocenters. The molecular formula is C13H23NO2. The highest BCUT2D eigenvalue weighted by Gasteiger charge is 2.19. The molecule has 0 saturated heterocycles. The van der Waals surface area contributed by atoms with Crippen LogP contribution in [0.3, 0.4) is 0 Å². The number of hydrogen-bond donors (Lipinski definition) is 1. The summed E-state index contributed by atoms with van der Waals surface area (Å²) < 4.78 is 10.5. The van der Waals surface area contributed by atoms with Crippen molar-refractivity contribution in [3.8, 4) is 0 Å². The van der Waals surface area contributed by atoms with Crippen LogP contribution in [0, 0.1) is 5.41 Å². The van der Waals surface area contributed by atoms with E-state index >= 15 is 0 Å². The molecule has 1 rings (SSSR count). The van der Waals surface area contributed by atoms with Crippen molar-refractivity contribution < 1.29 is 9.15 Å². The van der Waals surface area contributed by atoms with E-state index in [-0.39, 0.29) is 11.5 Å². The first kappa shape index (κ1) is 13.3. The fourth-order valence-corrected chi connectivity index (χ4v) is 1.53. The molecule has 0 aromatic carbocycles. The fraction of sp³-hybridized carbons (Fsp3) is 0.692. The van der Waals surface area contributed by atoms with Gasteiger partial charge in [-0.05, 0) is 30.9 Å². The third-order valence-electron chi connectivity index (χ3n) is 2.84. The summed E-state index contributed by atoms with van der Waals surface area (Å²) in [4.78, 5) is 0. The fourth-order valence-electron chi connectivity index (χ4n) is 1.53. The van der Waals surface area contributed by atoms with Crippen LogP contribution in [0.15, 0.2) is 22.8 Å². The van der Waals surface area contributed by atoms with Gasteiger partial charge in [0.25, 0.3) is 0 Å². The SMILES string of the molecule is COCCC(C)(C)CNC(C)c1ccco1. The Bertz CT molecular complexity index is 280. The molecule has 0 amide bonds. The average molecular weight is 225 g/mol. The van der Waals surface area contributed by atoms with E-state index in [1.54, 1.807) is 13.4 Å². The van der Waals surface area contributed by atoms with Gasteiger partial charge in [0.05, 0.1) is 12.3 Å². The molecule has 1 N–H and O–H groups in total. The molecule has 0 aliphatic carbocycles. The summed E-state index contributed by atoms with van der Waals surface area (Å²) in [6, 6.07) is 4.18. The van der Waals surface area contributed by atoms with E-state index in [1.165, 1.54) is 0 Å². The van der Waals surface area contributed by atoms with E-state index < -0.39 is 0 Å². The minimum Gasteiger partial charge on any atom is -0.468 e. The predicted molar refractivity (Wildman–Crippen MR) is 65.4 cm³/mol. The lowest BCUT2D eigenvalue weighted by Gasteiger charge is -2.26. The zero-order chi connectivity index (χ0) is 12.0. The number of methoxy groups -OCH3 is 1. The Balaban J connectivity index is 2.33. The lowest BCUT2D eigenvalue weighted by atomic mass is 9.89. The van der Waals surface area contributed by atoms with E-state index in [2.05, 4.69) is 26.1 Å². The van der Waals surface area contributed by atoms with E-state index in [1.807, 2.05) is 12.1 Å². The van der Waals surface area contributed by atoms with Gasteiger partial charge >= 0.3 is 0 Å². The van der Waals surface area contributed by atoms with Gasteiger partial charge in [-0.25, -0.2) is 0 Å². The van der Waals surface area contributed by atoms with Gasteiger partial charge < -0.3 is 14.5 Å². The number of rotatable bonds is 7. The van der Waals surface area contributed by atoms with Gasteiger partial charge in [0.2, 0.25) is 0 Å². The molecule has 3 nitrogen and oxygen atoms in total. The van der Waals surface area contributed by atoms with Crippen LogP contribution < -0.4 is 5.32 Å². The van der Waals surface area contributed by atoms with E-state index in [4.69, 9.17) is 9.15 Å². The summed E-state index contributed by atoms with van der Waals surface area (Å²) in [5.41, 5.74) is 0.247. The van der Waals surface area contributed by atoms with Crippen molar-refractivity contribution in [2.75, 3.05) is 20.3 Å². The molecule has 1 atom stereocenters. The molecule has 1 heterocycles. The largest absolute Gasteiger partial charge is 0.468 e. The van der Waals surface area contributed by atoms with E-state index in [0.29, 0.717) is 0 Å². The van der Waals surface area contributed by atoms with Crippen molar-refractivity contribution in [1.82, 2.24) is 5.32 Å². The highest BCUT2D eigenvalue weighted by molar-refractivity contribution is 5.03. The molecule has 0 spiro atoms. The van der Waals surface area contributed by atoms with E-state index in [9.17, 15) is 0 Å². The lowest BCUT2D eigenvalue weighted by Crippen LogP contribution is -2.32. The first-order valence-electron chi connectivity index (χ1n) is 5.81. The maximum atomic E-state index is 5.35. The quantitative estimate of drug-likeness (QED) is 0.774. The smallest absolute Gasteiger partial charge is 0.120 e. The molecule has 16 heavy (non-hydrogen) atoms. The summed E-state index contributed by atoms with van der Waals surface area (Å²) in [7, 11) is 1.75. The van der Waals surface area contributed by atoms with Crippen LogP contribution in [0.2, 0.25) is 0 Å². The third-order valence-corrected chi connectivity index (χ3v) is 2.84. The average Bonchev–Trinajstić information content (AvgIpc) is 2.77. The summed E-state index contributed by atoms with van der Waals surface area (Å²) in [5, 5.41) is 3.48. The van der Waals surface area contributed by atoms with Crippen LogP contribution in [-0.4, -0.2) is 20.3 Å². The Morgan fingerprint density at radius 1 is 1.50 bits per heavy atom. The monoisotopic (exact) mass is 225 g/mol. The normalized spacial score (nSPS) is 14.0. The predicted octanol–water partition coefficient (Wildman–Crippen LogP) is 2.99. The van der Waals surface area contributed by atoms with Gasteiger partial charge in [0, 0.05) is 20.3 Å². The highest BCUT2D eigenvalue weighted by atomic mass is 16.5. The second-order valence-electron chi connectivity index (χ2n) is 5.03. The van der Waals surface area contributed by atoms with Gasteiger partial charge in [-0.3, -0.25) is 0 Å². The zero-order valence-electron chi connectivity index (χ0n) is 10.7. The Kier molecular flexibility index (Phi) is 5.03. The number of ether oxygens (including phenoxy) is 1. The number of hydrogen-bond acceptors (Lipinski definition) is 3. The Morgan fingerprint density at radius 3 is 2.81 bits per heavy atom. The molecule has 0 bridgehead atoms. The Morgan fingerprint density at radius 2 is 2.25 bits per heavy atom. The molecule has 92 valence electrons. The van der Waals surface area contributed by atoms with Crippen LogP contribution in [0.5, 0.6) is 0 Å². The van der Waals surface area contributed by atoms with Crippen LogP contribution in [0.1, 0.15) is 39.0 Å². The summed E-state index contributed by atoms with van der Waals surface area (Å²) in [6.45, 7) is 8.37. The van der Waals surface area contributed by atoms with Crippen LogP contribution >= 0.6 is 0 Å². The van der Waals surface area contributed by atoms with Gasteiger partial charge in [-0.15, -0.1) is 0 Å². The number of furan rings is 1. The number of nitrogens with one attached hydrogen (secondary N) is 1. The van der Waals surface area contributed by atoms with Crippen molar-refractivity contribution >= 4 is 0 Å².